The van der Waals surface area contributed by atoms with Crippen LogP contribution in [-0.2, 0) is 4.79 Å². The minimum absolute atomic E-state index is 0.0966. The van der Waals surface area contributed by atoms with Gasteiger partial charge in [0.25, 0.3) is 0 Å². The molecule has 1 atom stereocenters. The zero-order chi connectivity index (χ0) is 12.2. The molecular formula is C12H21NO3. The van der Waals surface area contributed by atoms with Crippen LogP contribution < -0.4 is 0 Å². The van der Waals surface area contributed by atoms with Crippen molar-refractivity contribution in [1.29, 1.82) is 0 Å². The number of nitro groups is 1. The van der Waals surface area contributed by atoms with Gasteiger partial charge in [-0.05, 0) is 12.8 Å². The number of carbonyl (C=O) groups is 1. The summed E-state index contributed by atoms with van der Waals surface area (Å²) in [6.07, 6.45) is 6.09. The first-order chi connectivity index (χ1) is 7.43. The van der Waals surface area contributed by atoms with E-state index >= 15 is 0 Å². The van der Waals surface area contributed by atoms with Crippen molar-refractivity contribution in [2.45, 2.75) is 64.3 Å². The highest BCUT2D eigenvalue weighted by atomic mass is 16.6. The molecule has 0 aliphatic heterocycles. The van der Waals surface area contributed by atoms with Crippen molar-refractivity contribution in [3.63, 3.8) is 0 Å². The van der Waals surface area contributed by atoms with Crippen molar-refractivity contribution in [1.82, 2.24) is 0 Å². The Morgan fingerprint density at radius 2 is 1.94 bits per heavy atom. The first-order valence-electron chi connectivity index (χ1n) is 6.11. The standard InChI is InChI=1S/C12H21NO3/c1-12(2,13(15)16)9-10-7-5-3-4-6-8-11(10)14/h10H,3-9H2,1-2H3. The molecule has 92 valence electrons. The van der Waals surface area contributed by atoms with E-state index in [-0.39, 0.29) is 16.6 Å². The molecule has 4 heteroatoms. The predicted molar refractivity (Wildman–Crippen MR) is 61.9 cm³/mol. The first kappa shape index (κ1) is 13.1. The van der Waals surface area contributed by atoms with Gasteiger partial charge in [0, 0.05) is 37.5 Å². The Balaban J connectivity index is 2.62. The van der Waals surface area contributed by atoms with Gasteiger partial charge in [-0.1, -0.05) is 19.3 Å². The van der Waals surface area contributed by atoms with Crippen molar-refractivity contribution >= 4 is 5.78 Å². The van der Waals surface area contributed by atoms with Crippen molar-refractivity contribution in [3.8, 4) is 0 Å². The third-order valence-electron chi connectivity index (χ3n) is 3.42. The summed E-state index contributed by atoms with van der Waals surface area (Å²) in [5.41, 5.74) is -0.973. The van der Waals surface area contributed by atoms with Gasteiger partial charge in [0.2, 0.25) is 5.54 Å². The fraction of sp³-hybridized carbons (Fsp3) is 0.917. The molecule has 0 aromatic heterocycles. The summed E-state index contributed by atoms with van der Waals surface area (Å²) in [6.45, 7) is 3.22. The number of rotatable bonds is 3. The second kappa shape index (κ2) is 5.41. The lowest BCUT2D eigenvalue weighted by Crippen LogP contribution is -2.35. The van der Waals surface area contributed by atoms with Crippen LogP contribution >= 0.6 is 0 Å². The molecular weight excluding hydrogens is 206 g/mol. The lowest BCUT2D eigenvalue weighted by atomic mass is 9.82. The van der Waals surface area contributed by atoms with Crippen LogP contribution in [0.3, 0.4) is 0 Å². The maximum Gasteiger partial charge on any atom is 0.217 e. The summed E-state index contributed by atoms with van der Waals surface area (Å²) in [5, 5.41) is 10.8. The zero-order valence-electron chi connectivity index (χ0n) is 10.2. The van der Waals surface area contributed by atoms with Crippen LogP contribution in [-0.4, -0.2) is 16.2 Å². The molecule has 0 aromatic rings. The van der Waals surface area contributed by atoms with E-state index in [1.54, 1.807) is 13.8 Å². The van der Waals surface area contributed by atoms with E-state index in [1.165, 1.54) is 0 Å². The fourth-order valence-electron chi connectivity index (χ4n) is 2.30. The molecule has 1 aliphatic carbocycles. The molecule has 0 spiro atoms. The van der Waals surface area contributed by atoms with E-state index in [2.05, 4.69) is 0 Å². The van der Waals surface area contributed by atoms with Crippen LogP contribution in [0.25, 0.3) is 0 Å². The smallest absolute Gasteiger partial charge is 0.217 e. The Morgan fingerprint density at radius 1 is 1.31 bits per heavy atom. The SMILES string of the molecule is CC(C)(CC1CCCCCCC1=O)[N+](=O)[O-]. The first-order valence-corrected chi connectivity index (χ1v) is 6.11. The molecule has 0 aromatic carbocycles. The largest absolute Gasteiger partial charge is 0.299 e. The normalized spacial score (nSPS) is 23.6. The predicted octanol–water partition coefficient (Wildman–Crippen LogP) is 2.97. The van der Waals surface area contributed by atoms with E-state index in [0.717, 1.165) is 32.1 Å². The number of carbonyl (C=O) groups excluding carboxylic acids is 1. The van der Waals surface area contributed by atoms with E-state index in [0.29, 0.717) is 12.8 Å². The molecule has 0 bridgehead atoms. The maximum absolute atomic E-state index is 11.8. The number of hydrogen-bond acceptors (Lipinski definition) is 3. The molecule has 0 amide bonds. The lowest BCUT2D eigenvalue weighted by molar-refractivity contribution is -0.562. The van der Waals surface area contributed by atoms with Crippen LogP contribution in [0.5, 0.6) is 0 Å². The zero-order valence-corrected chi connectivity index (χ0v) is 10.2. The van der Waals surface area contributed by atoms with Gasteiger partial charge >= 0.3 is 0 Å². The minimum atomic E-state index is -0.973. The Hall–Kier alpha value is -0.930. The van der Waals surface area contributed by atoms with Gasteiger partial charge in [-0.2, -0.15) is 0 Å². The Kier molecular flexibility index (Phi) is 4.44. The Labute approximate surface area is 96.6 Å². The topological polar surface area (TPSA) is 60.2 Å². The van der Waals surface area contributed by atoms with Crippen molar-refractivity contribution in [3.05, 3.63) is 10.1 Å². The summed E-state index contributed by atoms with van der Waals surface area (Å²) in [6, 6.07) is 0. The van der Waals surface area contributed by atoms with Gasteiger partial charge in [0.05, 0.1) is 0 Å². The Morgan fingerprint density at radius 3 is 2.56 bits per heavy atom. The number of Topliss-reactive ketones (excluding diaryl/α,β-unsaturated/α-hetero) is 1. The van der Waals surface area contributed by atoms with E-state index < -0.39 is 5.54 Å². The highest BCUT2D eigenvalue weighted by molar-refractivity contribution is 5.81. The highest BCUT2D eigenvalue weighted by Crippen LogP contribution is 2.28. The van der Waals surface area contributed by atoms with Crippen LogP contribution in [0.1, 0.15) is 58.8 Å². The quantitative estimate of drug-likeness (QED) is 0.550. The van der Waals surface area contributed by atoms with Gasteiger partial charge < -0.3 is 0 Å². The monoisotopic (exact) mass is 227 g/mol. The third-order valence-corrected chi connectivity index (χ3v) is 3.42. The summed E-state index contributed by atoms with van der Waals surface area (Å²) < 4.78 is 0. The van der Waals surface area contributed by atoms with Crippen LogP contribution in [0, 0.1) is 16.0 Å². The van der Waals surface area contributed by atoms with Crippen molar-refractivity contribution in [2.24, 2.45) is 5.92 Å². The average Bonchev–Trinajstić information content (AvgIpc) is 2.17. The van der Waals surface area contributed by atoms with Crippen LogP contribution in [0.15, 0.2) is 0 Å². The van der Waals surface area contributed by atoms with E-state index in [1.807, 2.05) is 0 Å². The molecule has 0 N–H and O–H groups in total. The average molecular weight is 227 g/mol. The van der Waals surface area contributed by atoms with Gasteiger partial charge in [-0.3, -0.25) is 14.9 Å². The highest BCUT2D eigenvalue weighted by Gasteiger charge is 2.36. The van der Waals surface area contributed by atoms with Gasteiger partial charge in [0.1, 0.15) is 5.78 Å². The van der Waals surface area contributed by atoms with E-state index in [4.69, 9.17) is 0 Å². The summed E-state index contributed by atoms with van der Waals surface area (Å²) in [4.78, 5) is 22.4. The van der Waals surface area contributed by atoms with Gasteiger partial charge in [0.15, 0.2) is 0 Å². The molecule has 4 nitrogen and oxygen atoms in total. The van der Waals surface area contributed by atoms with Crippen LogP contribution in [0.2, 0.25) is 0 Å². The molecule has 1 fully saturated rings. The lowest BCUT2D eigenvalue weighted by Gasteiger charge is -2.23. The third kappa shape index (κ3) is 3.58. The molecule has 0 saturated heterocycles. The van der Waals surface area contributed by atoms with E-state index in [9.17, 15) is 14.9 Å². The van der Waals surface area contributed by atoms with Gasteiger partial charge in [-0.25, -0.2) is 0 Å². The second-order valence-electron chi connectivity index (χ2n) is 5.39. The van der Waals surface area contributed by atoms with Crippen molar-refractivity contribution < 1.29 is 9.72 Å². The number of hydrogen-bond donors (Lipinski definition) is 0. The number of nitrogens with zero attached hydrogens (tertiary/aromatic N) is 1. The minimum Gasteiger partial charge on any atom is -0.299 e. The molecule has 0 radical (unpaired) electrons. The summed E-state index contributed by atoms with van der Waals surface area (Å²) >= 11 is 0. The van der Waals surface area contributed by atoms with Gasteiger partial charge in [-0.15, -0.1) is 0 Å². The molecule has 1 unspecified atom stereocenters. The summed E-state index contributed by atoms with van der Waals surface area (Å²) in [7, 11) is 0. The Bertz CT molecular complexity index is 273. The fourth-order valence-corrected chi connectivity index (χ4v) is 2.30. The van der Waals surface area contributed by atoms with Crippen LogP contribution in [0.4, 0.5) is 0 Å². The number of ketones is 1. The van der Waals surface area contributed by atoms with Crippen molar-refractivity contribution in [2.75, 3.05) is 0 Å². The summed E-state index contributed by atoms with van der Waals surface area (Å²) in [5.74, 6) is 0.135. The maximum atomic E-state index is 11.8. The molecule has 1 aliphatic rings. The molecule has 0 heterocycles. The molecule has 1 rings (SSSR count). The molecule has 16 heavy (non-hydrogen) atoms. The molecule has 1 saturated carbocycles. The second-order valence-corrected chi connectivity index (χ2v) is 5.39.